The molecule has 0 aliphatic rings. The fraction of sp³-hybridized carbons (Fsp3) is 0.909. The molecule has 0 spiro atoms. The summed E-state index contributed by atoms with van der Waals surface area (Å²) in [6.07, 6.45) is 8.73. The third kappa shape index (κ3) is 15.3. The molecule has 0 bridgehead atoms. The summed E-state index contributed by atoms with van der Waals surface area (Å²) in [6.45, 7) is 7.85. The Hall–Kier alpha value is 0.557. The van der Waals surface area contributed by atoms with Crippen molar-refractivity contribution in [3.8, 4) is 0 Å². The SMILES string of the molecule is [CH2-]CCCOCCCCCCC.[Li+]. The number of hydrogen-bond acceptors (Lipinski definition) is 1. The minimum absolute atomic E-state index is 0. The van der Waals surface area contributed by atoms with Crippen LogP contribution in [-0.4, -0.2) is 13.2 Å². The average Bonchev–Trinajstić information content (AvgIpc) is 2.10. The zero-order valence-electron chi connectivity index (χ0n) is 9.48. The van der Waals surface area contributed by atoms with Crippen LogP contribution < -0.4 is 18.9 Å². The van der Waals surface area contributed by atoms with E-state index >= 15 is 0 Å². The topological polar surface area (TPSA) is 9.23 Å². The maximum atomic E-state index is 5.41. The van der Waals surface area contributed by atoms with Gasteiger partial charge in [-0.2, -0.15) is 6.42 Å². The van der Waals surface area contributed by atoms with Crippen LogP contribution in [-0.2, 0) is 4.74 Å². The predicted octanol–water partition coefficient (Wildman–Crippen LogP) is 0.592. The van der Waals surface area contributed by atoms with E-state index in [2.05, 4.69) is 13.8 Å². The third-order valence-corrected chi connectivity index (χ3v) is 1.93. The Balaban J connectivity index is 0. The van der Waals surface area contributed by atoms with Crippen molar-refractivity contribution in [1.29, 1.82) is 0 Å². The van der Waals surface area contributed by atoms with Crippen molar-refractivity contribution in [3.05, 3.63) is 6.92 Å². The zero-order valence-corrected chi connectivity index (χ0v) is 9.48. The molecule has 0 aliphatic heterocycles. The zero-order chi connectivity index (χ0) is 9.07. The second kappa shape index (κ2) is 15.0. The smallest absolute Gasteiger partial charge is 0.382 e. The summed E-state index contributed by atoms with van der Waals surface area (Å²) in [7, 11) is 0. The van der Waals surface area contributed by atoms with Crippen LogP contribution in [0.4, 0.5) is 0 Å². The van der Waals surface area contributed by atoms with Crippen molar-refractivity contribution in [3.63, 3.8) is 0 Å². The largest absolute Gasteiger partial charge is 1.00 e. The Labute approximate surface area is 95.8 Å². The first kappa shape index (κ1) is 16.0. The first-order chi connectivity index (χ1) is 5.91. The molecular formula is C11H23LiO. The molecular weight excluding hydrogens is 155 g/mol. The molecule has 0 saturated heterocycles. The summed E-state index contributed by atoms with van der Waals surface area (Å²) in [5.74, 6) is 0. The molecule has 0 rings (SSSR count). The second-order valence-electron chi connectivity index (χ2n) is 3.23. The molecule has 2 heteroatoms. The predicted molar refractivity (Wildman–Crippen MR) is 54.2 cm³/mol. The minimum Gasteiger partial charge on any atom is -0.382 e. The summed E-state index contributed by atoms with van der Waals surface area (Å²) in [5, 5.41) is 0. The van der Waals surface area contributed by atoms with Gasteiger partial charge < -0.3 is 11.7 Å². The van der Waals surface area contributed by atoms with Gasteiger partial charge in [0, 0.05) is 13.2 Å². The van der Waals surface area contributed by atoms with Crippen molar-refractivity contribution in [2.24, 2.45) is 0 Å². The minimum atomic E-state index is 0. The maximum Gasteiger partial charge on any atom is 1.00 e. The van der Waals surface area contributed by atoms with Crippen LogP contribution in [0.5, 0.6) is 0 Å². The van der Waals surface area contributed by atoms with E-state index in [9.17, 15) is 0 Å². The van der Waals surface area contributed by atoms with E-state index in [-0.39, 0.29) is 18.9 Å². The van der Waals surface area contributed by atoms with Crippen molar-refractivity contribution >= 4 is 0 Å². The third-order valence-electron chi connectivity index (χ3n) is 1.93. The van der Waals surface area contributed by atoms with E-state index < -0.39 is 0 Å². The Kier molecular flexibility index (Phi) is 18.5. The molecule has 0 N–H and O–H groups in total. The van der Waals surface area contributed by atoms with Gasteiger partial charge in [0.1, 0.15) is 0 Å². The van der Waals surface area contributed by atoms with Gasteiger partial charge in [-0.15, -0.1) is 0 Å². The van der Waals surface area contributed by atoms with Gasteiger partial charge in [-0.25, -0.2) is 0 Å². The van der Waals surface area contributed by atoms with Crippen molar-refractivity contribution in [2.75, 3.05) is 13.2 Å². The molecule has 74 valence electrons. The van der Waals surface area contributed by atoms with Gasteiger partial charge in [0.05, 0.1) is 0 Å². The van der Waals surface area contributed by atoms with Gasteiger partial charge in [-0.1, -0.05) is 39.0 Å². The Morgan fingerprint density at radius 2 is 1.54 bits per heavy atom. The van der Waals surface area contributed by atoms with Crippen LogP contribution in [0.3, 0.4) is 0 Å². The van der Waals surface area contributed by atoms with Crippen molar-refractivity contribution in [2.45, 2.75) is 51.9 Å². The molecule has 0 saturated carbocycles. The van der Waals surface area contributed by atoms with Crippen LogP contribution >= 0.6 is 0 Å². The Morgan fingerprint density at radius 3 is 2.15 bits per heavy atom. The number of hydrogen-bond donors (Lipinski definition) is 0. The Bertz CT molecular complexity index is 66.5. The quantitative estimate of drug-likeness (QED) is 0.285. The summed E-state index contributed by atoms with van der Waals surface area (Å²) >= 11 is 0. The van der Waals surface area contributed by atoms with Crippen molar-refractivity contribution < 1.29 is 23.6 Å². The molecule has 0 aromatic rings. The Morgan fingerprint density at radius 1 is 0.923 bits per heavy atom. The first-order valence-corrected chi connectivity index (χ1v) is 5.28. The van der Waals surface area contributed by atoms with Gasteiger partial charge in [0.25, 0.3) is 0 Å². The van der Waals surface area contributed by atoms with E-state index in [0.29, 0.717) is 0 Å². The van der Waals surface area contributed by atoms with Crippen LogP contribution in [0.2, 0.25) is 0 Å². The number of unbranched alkanes of at least 4 members (excludes halogenated alkanes) is 5. The van der Waals surface area contributed by atoms with E-state index in [1.165, 1.54) is 32.1 Å². The van der Waals surface area contributed by atoms with Gasteiger partial charge in [-0.3, -0.25) is 0 Å². The summed E-state index contributed by atoms with van der Waals surface area (Å²) in [5.41, 5.74) is 0. The molecule has 0 aliphatic carbocycles. The van der Waals surface area contributed by atoms with Crippen LogP contribution in [0, 0.1) is 6.92 Å². The van der Waals surface area contributed by atoms with Crippen LogP contribution in [0.1, 0.15) is 51.9 Å². The normalized spacial score (nSPS) is 9.69. The molecule has 0 heterocycles. The molecule has 13 heavy (non-hydrogen) atoms. The molecule has 0 aromatic carbocycles. The molecule has 0 amide bonds. The van der Waals surface area contributed by atoms with Crippen LogP contribution in [0.15, 0.2) is 0 Å². The van der Waals surface area contributed by atoms with Crippen molar-refractivity contribution in [1.82, 2.24) is 0 Å². The fourth-order valence-corrected chi connectivity index (χ4v) is 1.11. The molecule has 0 aromatic heterocycles. The monoisotopic (exact) mass is 178 g/mol. The van der Waals surface area contributed by atoms with Crippen LogP contribution in [0.25, 0.3) is 0 Å². The second-order valence-corrected chi connectivity index (χ2v) is 3.23. The average molecular weight is 178 g/mol. The summed E-state index contributed by atoms with van der Waals surface area (Å²) < 4.78 is 5.41. The van der Waals surface area contributed by atoms with E-state index in [0.717, 1.165) is 26.1 Å². The fourth-order valence-electron chi connectivity index (χ4n) is 1.11. The molecule has 0 unspecified atom stereocenters. The van der Waals surface area contributed by atoms with E-state index in [1.54, 1.807) is 0 Å². The van der Waals surface area contributed by atoms with Gasteiger partial charge in [0.15, 0.2) is 0 Å². The summed E-state index contributed by atoms with van der Waals surface area (Å²) in [6, 6.07) is 0. The van der Waals surface area contributed by atoms with Gasteiger partial charge >= 0.3 is 18.9 Å². The summed E-state index contributed by atoms with van der Waals surface area (Å²) in [4.78, 5) is 0. The first-order valence-electron chi connectivity index (χ1n) is 5.28. The van der Waals surface area contributed by atoms with Gasteiger partial charge in [-0.05, 0) is 6.42 Å². The number of rotatable bonds is 9. The van der Waals surface area contributed by atoms with E-state index in [4.69, 9.17) is 4.74 Å². The molecule has 0 atom stereocenters. The standard InChI is InChI=1S/C11H23O.Li/c1-3-5-7-8-9-11-12-10-6-4-2;/h2-11H2,1H3;/q-1;+1. The number of ether oxygens (including phenoxy) is 1. The van der Waals surface area contributed by atoms with E-state index in [1.807, 2.05) is 0 Å². The molecule has 0 fully saturated rings. The molecule has 0 radical (unpaired) electrons. The van der Waals surface area contributed by atoms with Gasteiger partial charge in [0.2, 0.25) is 0 Å². The maximum absolute atomic E-state index is 5.41. The molecule has 1 nitrogen and oxygen atoms in total.